The first kappa shape index (κ1) is 28.6. The molecular formula is C27H23F4N3O5S2. The molecule has 41 heavy (non-hydrogen) atoms. The fraction of sp³-hybridized carbons (Fsp3) is 0.259. The number of carbonyl (C=O) groups is 1. The zero-order chi connectivity index (χ0) is 29.7. The van der Waals surface area contributed by atoms with Gasteiger partial charge < -0.3 is 14.2 Å². The summed E-state index contributed by atoms with van der Waals surface area (Å²) in [4.78, 5) is 27.2. The van der Waals surface area contributed by atoms with E-state index in [-0.39, 0.29) is 50.0 Å². The van der Waals surface area contributed by atoms with Gasteiger partial charge in [0.2, 0.25) is 10.0 Å². The van der Waals surface area contributed by atoms with Crippen LogP contribution in [-0.4, -0.2) is 48.6 Å². The first-order chi connectivity index (χ1) is 19.3. The average molecular weight is 610 g/mol. The molecular weight excluding hydrogens is 586 g/mol. The smallest absolute Gasteiger partial charge is 0.268 e. The maximum Gasteiger partial charge on any atom is 0.268 e. The Morgan fingerprint density at radius 1 is 1.10 bits per heavy atom. The fourth-order valence-corrected chi connectivity index (χ4v) is 6.19. The number of amides is 1. The van der Waals surface area contributed by atoms with Crippen molar-refractivity contribution in [1.29, 1.82) is 0 Å². The number of fused-ring (bicyclic) bond motifs is 1. The number of ether oxygens (including phenoxy) is 1. The summed E-state index contributed by atoms with van der Waals surface area (Å²) < 4.78 is 89.7. The standard InChI is InChI=1S/C27H23F4N3O5S2/c1-3-41(37,38)32-16-5-7-21(39-22-6-4-15(28)10-20(22)29)17(11-16)19-13-33(2)26(36)24-18(19)12-23(40-24)25(35)34-9-8-27(30,31)14-34/h4-7,10-13,32H,3,8-9,14H2,1-2H3. The Kier molecular flexibility index (Phi) is 7.32. The third-order valence-corrected chi connectivity index (χ3v) is 8.98. The minimum Gasteiger partial charge on any atom is -0.454 e. The molecule has 0 unspecified atom stereocenters. The first-order valence-electron chi connectivity index (χ1n) is 12.3. The number of nitrogens with one attached hydrogen (secondary N) is 1. The van der Waals surface area contributed by atoms with Crippen LogP contribution in [0.3, 0.4) is 0 Å². The highest BCUT2D eigenvalue weighted by molar-refractivity contribution is 7.92. The number of likely N-dealkylation sites (tertiary alicyclic amines) is 1. The van der Waals surface area contributed by atoms with Gasteiger partial charge in [-0.05, 0) is 43.3 Å². The van der Waals surface area contributed by atoms with E-state index < -0.39 is 52.0 Å². The number of aryl methyl sites for hydroxylation is 1. The lowest BCUT2D eigenvalue weighted by molar-refractivity contribution is 0.0121. The minimum atomic E-state index is -3.70. The van der Waals surface area contributed by atoms with E-state index in [1.165, 1.54) is 49.0 Å². The lowest BCUT2D eigenvalue weighted by Crippen LogP contribution is -2.30. The second-order valence-electron chi connectivity index (χ2n) is 9.54. The van der Waals surface area contributed by atoms with Crippen molar-refractivity contribution in [3.63, 3.8) is 0 Å². The molecule has 1 amide bonds. The number of nitrogens with zero attached hydrogens (tertiary/aromatic N) is 2. The number of hydrogen-bond acceptors (Lipinski definition) is 6. The summed E-state index contributed by atoms with van der Waals surface area (Å²) >= 11 is 0.850. The van der Waals surface area contributed by atoms with Crippen LogP contribution in [0.1, 0.15) is 23.0 Å². The summed E-state index contributed by atoms with van der Waals surface area (Å²) in [7, 11) is -2.23. The maximum atomic E-state index is 14.5. The first-order valence-corrected chi connectivity index (χ1v) is 14.8. The summed E-state index contributed by atoms with van der Waals surface area (Å²) in [5.41, 5.74) is 0.227. The van der Waals surface area contributed by atoms with Crippen LogP contribution in [0.5, 0.6) is 11.5 Å². The summed E-state index contributed by atoms with van der Waals surface area (Å²) in [5, 5.41) is 0.285. The SMILES string of the molecule is CCS(=O)(=O)Nc1ccc(Oc2ccc(F)cc2F)c(-c2cn(C)c(=O)c3sc(C(=O)N4CCC(F)(F)C4)cc23)c1. The molecule has 3 heterocycles. The number of hydrogen-bond donors (Lipinski definition) is 1. The molecule has 0 spiro atoms. The number of carbonyl (C=O) groups excluding carboxylic acids is 1. The number of rotatable bonds is 7. The molecule has 0 bridgehead atoms. The third kappa shape index (κ3) is 5.79. The largest absolute Gasteiger partial charge is 0.454 e. The quantitative estimate of drug-likeness (QED) is 0.276. The van der Waals surface area contributed by atoms with Crippen LogP contribution in [0.4, 0.5) is 23.2 Å². The molecule has 1 aliphatic heterocycles. The van der Waals surface area contributed by atoms with E-state index in [0.29, 0.717) is 11.6 Å². The molecule has 1 N–H and O–H groups in total. The van der Waals surface area contributed by atoms with Gasteiger partial charge in [0, 0.05) is 54.5 Å². The highest BCUT2D eigenvalue weighted by Gasteiger charge is 2.41. The van der Waals surface area contributed by atoms with E-state index in [4.69, 9.17) is 4.74 Å². The number of aromatic nitrogens is 1. The lowest BCUT2D eigenvalue weighted by atomic mass is 10.0. The number of sulfonamides is 1. The van der Waals surface area contributed by atoms with E-state index in [0.717, 1.165) is 28.4 Å². The topological polar surface area (TPSA) is 97.7 Å². The van der Waals surface area contributed by atoms with Crippen LogP contribution in [0.2, 0.25) is 0 Å². The number of alkyl halides is 2. The van der Waals surface area contributed by atoms with Crippen LogP contribution in [-0.2, 0) is 17.1 Å². The molecule has 8 nitrogen and oxygen atoms in total. The molecule has 216 valence electrons. The van der Waals surface area contributed by atoms with Gasteiger partial charge in [0.15, 0.2) is 11.6 Å². The van der Waals surface area contributed by atoms with Crippen LogP contribution >= 0.6 is 11.3 Å². The number of pyridine rings is 1. The molecule has 1 aliphatic rings. The Hall–Kier alpha value is -3.91. The molecule has 0 atom stereocenters. The fourth-order valence-electron chi connectivity index (χ4n) is 4.44. The molecule has 1 saturated heterocycles. The monoisotopic (exact) mass is 609 g/mol. The van der Waals surface area contributed by atoms with Crippen molar-refractivity contribution in [3.05, 3.63) is 75.5 Å². The van der Waals surface area contributed by atoms with Crippen LogP contribution < -0.4 is 15.0 Å². The summed E-state index contributed by atoms with van der Waals surface area (Å²) in [6, 6.07) is 8.35. The van der Waals surface area contributed by atoms with E-state index in [2.05, 4.69) is 4.72 Å². The Bertz CT molecular complexity index is 1850. The van der Waals surface area contributed by atoms with Crippen molar-refractivity contribution in [2.75, 3.05) is 23.6 Å². The molecule has 14 heteroatoms. The molecule has 0 radical (unpaired) electrons. The summed E-state index contributed by atoms with van der Waals surface area (Å²) in [6.07, 6.45) is 0.981. The minimum absolute atomic E-state index is 0.0353. The lowest BCUT2D eigenvalue weighted by Gasteiger charge is -2.16. The van der Waals surface area contributed by atoms with Crippen LogP contribution in [0, 0.1) is 11.6 Å². The van der Waals surface area contributed by atoms with Crippen LogP contribution in [0.15, 0.2) is 53.5 Å². The predicted octanol–water partition coefficient (Wildman–Crippen LogP) is 5.58. The predicted molar refractivity (Wildman–Crippen MR) is 147 cm³/mol. The Balaban J connectivity index is 1.68. The van der Waals surface area contributed by atoms with Gasteiger partial charge in [0.05, 0.1) is 17.2 Å². The van der Waals surface area contributed by atoms with Gasteiger partial charge in [-0.15, -0.1) is 11.3 Å². The number of halogens is 4. The molecule has 5 rings (SSSR count). The highest BCUT2D eigenvalue weighted by atomic mass is 32.2. The molecule has 2 aromatic carbocycles. The van der Waals surface area contributed by atoms with Gasteiger partial charge in [-0.1, -0.05) is 0 Å². The van der Waals surface area contributed by atoms with Gasteiger partial charge >= 0.3 is 0 Å². The van der Waals surface area contributed by atoms with E-state index in [1.54, 1.807) is 0 Å². The zero-order valence-electron chi connectivity index (χ0n) is 21.7. The van der Waals surface area contributed by atoms with Crippen molar-refractivity contribution in [1.82, 2.24) is 9.47 Å². The number of thiophene rings is 1. The van der Waals surface area contributed by atoms with E-state index in [1.807, 2.05) is 0 Å². The van der Waals surface area contributed by atoms with Crippen molar-refractivity contribution in [2.45, 2.75) is 19.3 Å². The van der Waals surface area contributed by atoms with Crippen molar-refractivity contribution in [2.24, 2.45) is 7.05 Å². The van der Waals surface area contributed by atoms with E-state index in [9.17, 15) is 35.6 Å². The second kappa shape index (κ2) is 10.5. The Morgan fingerprint density at radius 3 is 2.49 bits per heavy atom. The third-order valence-electron chi connectivity index (χ3n) is 6.56. The van der Waals surface area contributed by atoms with Gasteiger partial charge in [0.25, 0.3) is 17.4 Å². The molecule has 1 fully saturated rings. The molecule has 0 saturated carbocycles. The number of anilines is 1. The molecule has 2 aromatic heterocycles. The zero-order valence-corrected chi connectivity index (χ0v) is 23.3. The van der Waals surface area contributed by atoms with Crippen LogP contribution in [0.25, 0.3) is 21.2 Å². The molecule has 4 aromatic rings. The molecule has 0 aliphatic carbocycles. The van der Waals surface area contributed by atoms with Gasteiger partial charge in [-0.2, -0.15) is 0 Å². The van der Waals surface area contributed by atoms with E-state index >= 15 is 0 Å². The summed E-state index contributed by atoms with van der Waals surface area (Å²) in [5.74, 6) is -5.93. The van der Waals surface area contributed by atoms with Gasteiger partial charge in [0.1, 0.15) is 16.3 Å². The Morgan fingerprint density at radius 2 is 1.83 bits per heavy atom. The number of benzene rings is 2. The van der Waals surface area contributed by atoms with Crippen molar-refractivity contribution < 1.29 is 35.5 Å². The van der Waals surface area contributed by atoms with Crippen molar-refractivity contribution in [3.8, 4) is 22.6 Å². The van der Waals surface area contributed by atoms with Gasteiger partial charge in [-0.3, -0.25) is 14.3 Å². The summed E-state index contributed by atoms with van der Waals surface area (Å²) in [6.45, 7) is 0.590. The highest BCUT2D eigenvalue weighted by Crippen LogP contribution is 2.41. The maximum absolute atomic E-state index is 14.5. The van der Waals surface area contributed by atoms with Crippen molar-refractivity contribution >= 4 is 43.0 Å². The normalized spacial score (nSPS) is 14.9. The average Bonchev–Trinajstić information content (AvgIpc) is 3.52. The second-order valence-corrected chi connectivity index (χ2v) is 12.6. The van der Waals surface area contributed by atoms with Gasteiger partial charge in [-0.25, -0.2) is 26.0 Å². The Labute approximate surface area is 235 Å².